The van der Waals surface area contributed by atoms with Crippen LogP contribution in [0.1, 0.15) is 13.8 Å². The van der Waals surface area contributed by atoms with Crippen LogP contribution >= 0.6 is 7.82 Å². The Labute approximate surface area is 76.9 Å². The molecule has 0 aliphatic rings. The molecule has 0 rings (SSSR count). The molecule has 6 nitrogen and oxygen atoms in total. The average molecular weight is 206 g/mol. The van der Waals surface area contributed by atoms with E-state index in [-0.39, 0.29) is 13.2 Å². The highest BCUT2D eigenvalue weighted by Gasteiger charge is 2.17. The fraction of sp³-hybridized carbons (Fsp3) is 0.667. The number of nitrogens with zero attached hydrogens (tertiary/aromatic N) is 2. The molecule has 0 aliphatic heterocycles. The first kappa shape index (κ1) is 14.6. The smallest absolute Gasteiger partial charge is 0.302 e. The van der Waals surface area contributed by atoms with Gasteiger partial charge in [0.25, 0.3) is 0 Å². The second-order valence-corrected chi connectivity index (χ2v) is 2.98. The van der Waals surface area contributed by atoms with Crippen LogP contribution in [0.15, 0.2) is 0 Å². The quantitative estimate of drug-likeness (QED) is 0.693. The molecule has 0 saturated carbocycles. The minimum Gasteiger partial charge on any atom is -0.302 e. The van der Waals surface area contributed by atoms with Crippen molar-refractivity contribution in [3.05, 3.63) is 0 Å². The molecule has 0 bridgehead atoms. The monoisotopic (exact) mass is 206 g/mol. The molecule has 0 fully saturated rings. The summed E-state index contributed by atoms with van der Waals surface area (Å²) < 4.78 is 19.2. The molecule has 74 valence electrons. The Balaban J connectivity index is 0. The Hall–Kier alpha value is -0.910. The minimum atomic E-state index is -3.69. The summed E-state index contributed by atoms with van der Waals surface area (Å²) in [7, 11) is -3.69. The first-order valence-corrected chi connectivity index (χ1v) is 4.93. The maximum absolute atomic E-state index is 10.5. The number of phosphoric ester groups is 1. The standard InChI is InChI=1S/C4H11O4P.C2N2/c1-3-7-9(5,6)8-4-2;3-1-2-4/h3-4H2,1-2H3,(H,5,6);. The van der Waals surface area contributed by atoms with Crippen LogP contribution in [-0.2, 0) is 13.6 Å². The molecule has 1 N–H and O–H groups in total. The van der Waals surface area contributed by atoms with E-state index in [1.165, 1.54) is 12.1 Å². The van der Waals surface area contributed by atoms with E-state index in [0.717, 1.165) is 0 Å². The van der Waals surface area contributed by atoms with E-state index in [4.69, 9.17) is 15.4 Å². The second-order valence-electron chi connectivity index (χ2n) is 1.53. The lowest BCUT2D eigenvalue weighted by molar-refractivity contribution is 0.161. The highest BCUT2D eigenvalue weighted by Crippen LogP contribution is 2.42. The van der Waals surface area contributed by atoms with Crippen molar-refractivity contribution < 1.29 is 18.5 Å². The molecule has 0 aromatic heterocycles. The van der Waals surface area contributed by atoms with Gasteiger partial charge < -0.3 is 4.89 Å². The summed E-state index contributed by atoms with van der Waals surface area (Å²) >= 11 is 0. The largest absolute Gasteiger partial charge is 0.472 e. The highest BCUT2D eigenvalue weighted by molar-refractivity contribution is 7.47. The van der Waals surface area contributed by atoms with Gasteiger partial charge in [-0.25, -0.2) is 4.57 Å². The molecule has 0 radical (unpaired) electrons. The predicted octanol–water partition coefficient (Wildman–Crippen LogP) is 1.19. The number of rotatable bonds is 4. The van der Waals surface area contributed by atoms with E-state index in [2.05, 4.69) is 9.05 Å². The van der Waals surface area contributed by atoms with Gasteiger partial charge in [0.1, 0.15) is 0 Å². The predicted molar refractivity (Wildman–Crippen MR) is 44.3 cm³/mol. The van der Waals surface area contributed by atoms with Crippen molar-refractivity contribution in [3.63, 3.8) is 0 Å². The van der Waals surface area contributed by atoms with E-state index in [9.17, 15) is 4.57 Å². The molecule has 13 heavy (non-hydrogen) atoms. The molecule has 0 atom stereocenters. The average Bonchev–Trinajstić information content (AvgIpc) is 2.04. The van der Waals surface area contributed by atoms with Gasteiger partial charge in [0.05, 0.1) is 13.2 Å². The Kier molecular flexibility index (Phi) is 10.3. The van der Waals surface area contributed by atoms with E-state index >= 15 is 0 Å². The number of hydrogen-bond donors (Lipinski definition) is 1. The maximum Gasteiger partial charge on any atom is 0.472 e. The van der Waals surface area contributed by atoms with Crippen LogP contribution < -0.4 is 0 Å². The lowest BCUT2D eigenvalue weighted by Gasteiger charge is -2.07. The Bertz CT molecular complexity index is 220. The zero-order valence-corrected chi connectivity index (χ0v) is 8.32. The van der Waals surface area contributed by atoms with Crippen LogP contribution in [0.2, 0.25) is 0 Å². The highest BCUT2D eigenvalue weighted by atomic mass is 31.2. The summed E-state index contributed by atoms with van der Waals surface area (Å²) in [5, 5.41) is 14.5. The lowest BCUT2D eigenvalue weighted by atomic mass is 10.9. The molecule has 0 aromatic carbocycles. The lowest BCUT2D eigenvalue weighted by Crippen LogP contribution is -1.93. The summed E-state index contributed by atoms with van der Waals surface area (Å²) in [6.07, 6.45) is 0. The second kappa shape index (κ2) is 9.18. The van der Waals surface area contributed by atoms with Crippen LogP contribution in [-0.4, -0.2) is 18.1 Å². The summed E-state index contributed by atoms with van der Waals surface area (Å²) in [6, 6.07) is 2.47. The van der Waals surface area contributed by atoms with Gasteiger partial charge in [-0.05, 0) is 13.8 Å². The van der Waals surface area contributed by atoms with Crippen molar-refractivity contribution in [2.75, 3.05) is 13.2 Å². The van der Waals surface area contributed by atoms with Gasteiger partial charge in [-0.1, -0.05) is 0 Å². The van der Waals surface area contributed by atoms with Crippen LogP contribution in [0.3, 0.4) is 0 Å². The van der Waals surface area contributed by atoms with Crippen molar-refractivity contribution in [2.45, 2.75) is 13.8 Å². The topological polar surface area (TPSA) is 103 Å². The molecular formula is C6H11N2O4P. The van der Waals surface area contributed by atoms with Gasteiger partial charge in [-0.3, -0.25) is 9.05 Å². The Morgan fingerprint density at radius 2 is 1.54 bits per heavy atom. The van der Waals surface area contributed by atoms with Crippen LogP contribution in [0.5, 0.6) is 0 Å². The minimum absolute atomic E-state index is 0.188. The molecule has 0 unspecified atom stereocenters. The third kappa shape index (κ3) is 14.0. The van der Waals surface area contributed by atoms with Crippen LogP contribution in [0, 0.1) is 22.7 Å². The van der Waals surface area contributed by atoms with E-state index in [0.29, 0.717) is 0 Å². The third-order valence-corrected chi connectivity index (χ3v) is 1.80. The van der Waals surface area contributed by atoms with Gasteiger partial charge in [-0.2, -0.15) is 10.5 Å². The number of phosphoric acid groups is 1. The van der Waals surface area contributed by atoms with Crippen molar-refractivity contribution in [3.8, 4) is 12.1 Å². The maximum atomic E-state index is 10.5. The SMILES string of the molecule is CCOP(=O)(O)OCC.N#CC#N. The summed E-state index contributed by atoms with van der Waals surface area (Å²) in [4.78, 5) is 8.63. The van der Waals surface area contributed by atoms with Crippen LogP contribution in [0.25, 0.3) is 0 Å². The molecular weight excluding hydrogens is 195 g/mol. The molecule has 0 heterocycles. The molecule has 0 aromatic rings. The number of nitriles is 2. The number of hydrogen-bond acceptors (Lipinski definition) is 5. The molecule has 7 heteroatoms. The first-order valence-electron chi connectivity index (χ1n) is 3.44. The van der Waals surface area contributed by atoms with Crippen molar-refractivity contribution in [1.82, 2.24) is 0 Å². The van der Waals surface area contributed by atoms with Crippen molar-refractivity contribution in [1.29, 1.82) is 10.5 Å². The Morgan fingerprint density at radius 1 is 1.23 bits per heavy atom. The first-order chi connectivity index (χ1) is 6.04. The van der Waals surface area contributed by atoms with Gasteiger partial charge >= 0.3 is 7.82 Å². The molecule has 0 amide bonds. The fourth-order valence-corrected chi connectivity index (χ4v) is 1.09. The zero-order chi connectivity index (χ0) is 10.7. The fourth-order valence-electron chi connectivity index (χ4n) is 0.364. The van der Waals surface area contributed by atoms with Gasteiger partial charge in [0, 0.05) is 0 Å². The van der Waals surface area contributed by atoms with Gasteiger partial charge in [0.15, 0.2) is 12.1 Å². The van der Waals surface area contributed by atoms with Crippen molar-refractivity contribution >= 4 is 7.82 Å². The summed E-state index contributed by atoms with van der Waals surface area (Å²) in [5.41, 5.74) is 0. The van der Waals surface area contributed by atoms with E-state index < -0.39 is 7.82 Å². The van der Waals surface area contributed by atoms with E-state index in [1.807, 2.05) is 0 Å². The van der Waals surface area contributed by atoms with E-state index in [1.54, 1.807) is 13.8 Å². The normalized spacial score (nSPS) is 9.00. The summed E-state index contributed by atoms with van der Waals surface area (Å²) in [6.45, 7) is 3.63. The summed E-state index contributed by atoms with van der Waals surface area (Å²) in [5.74, 6) is 0. The molecule has 0 saturated heterocycles. The van der Waals surface area contributed by atoms with Gasteiger partial charge in [-0.15, -0.1) is 0 Å². The van der Waals surface area contributed by atoms with Gasteiger partial charge in [0.2, 0.25) is 0 Å². The molecule has 0 spiro atoms. The van der Waals surface area contributed by atoms with Crippen LogP contribution in [0.4, 0.5) is 0 Å². The van der Waals surface area contributed by atoms with Crippen molar-refractivity contribution in [2.24, 2.45) is 0 Å². The molecule has 0 aliphatic carbocycles. The Morgan fingerprint density at radius 3 is 1.69 bits per heavy atom. The zero-order valence-electron chi connectivity index (χ0n) is 7.43. The third-order valence-electron chi connectivity index (χ3n) is 0.634.